The molecular weight excluding hydrogens is 130 g/mol. The third-order valence-corrected chi connectivity index (χ3v) is 1.82. The Balaban J connectivity index is 2.45. The molecule has 0 aromatic carbocycles. The van der Waals surface area contributed by atoms with Gasteiger partial charge in [0.05, 0.1) is 18.3 Å². The van der Waals surface area contributed by atoms with E-state index in [0.717, 1.165) is 6.42 Å². The SMILES string of the molecule is CC(C)(O)C1CC(N)CO1. The summed E-state index contributed by atoms with van der Waals surface area (Å²) in [5.41, 5.74) is 4.84. The Bertz CT molecular complexity index is 119. The molecule has 1 saturated heterocycles. The van der Waals surface area contributed by atoms with Gasteiger partial charge in [0.2, 0.25) is 0 Å². The Morgan fingerprint density at radius 2 is 2.20 bits per heavy atom. The van der Waals surface area contributed by atoms with Crippen LogP contribution in [0.2, 0.25) is 0 Å². The predicted molar refractivity (Wildman–Crippen MR) is 38.6 cm³/mol. The van der Waals surface area contributed by atoms with Crippen molar-refractivity contribution in [2.75, 3.05) is 6.61 Å². The van der Waals surface area contributed by atoms with Gasteiger partial charge in [0.25, 0.3) is 0 Å². The molecule has 3 nitrogen and oxygen atoms in total. The van der Waals surface area contributed by atoms with Crippen LogP contribution in [-0.2, 0) is 4.74 Å². The van der Waals surface area contributed by atoms with E-state index in [9.17, 15) is 5.11 Å². The Hall–Kier alpha value is -0.120. The molecule has 1 fully saturated rings. The summed E-state index contributed by atoms with van der Waals surface area (Å²) in [5, 5.41) is 9.45. The van der Waals surface area contributed by atoms with Crippen LogP contribution < -0.4 is 5.73 Å². The zero-order valence-electron chi connectivity index (χ0n) is 6.50. The summed E-state index contributed by atoms with van der Waals surface area (Å²) in [7, 11) is 0. The summed E-state index contributed by atoms with van der Waals surface area (Å²) in [5.74, 6) is 0. The quantitative estimate of drug-likeness (QED) is 0.540. The molecule has 0 radical (unpaired) electrons. The van der Waals surface area contributed by atoms with Crippen molar-refractivity contribution in [3.8, 4) is 0 Å². The van der Waals surface area contributed by atoms with Crippen molar-refractivity contribution in [3.05, 3.63) is 0 Å². The molecule has 1 aliphatic heterocycles. The second-order valence-corrected chi connectivity index (χ2v) is 3.47. The van der Waals surface area contributed by atoms with Gasteiger partial charge in [-0.15, -0.1) is 0 Å². The molecular formula is C7H15NO2. The van der Waals surface area contributed by atoms with Gasteiger partial charge in [0.15, 0.2) is 0 Å². The van der Waals surface area contributed by atoms with Gasteiger partial charge in [-0.25, -0.2) is 0 Å². The maximum absolute atomic E-state index is 9.45. The lowest BCUT2D eigenvalue weighted by Crippen LogP contribution is -2.36. The minimum absolute atomic E-state index is 0.0810. The zero-order chi connectivity index (χ0) is 7.78. The van der Waals surface area contributed by atoms with Crippen molar-refractivity contribution >= 4 is 0 Å². The average molecular weight is 145 g/mol. The van der Waals surface area contributed by atoms with Gasteiger partial charge in [-0.05, 0) is 20.3 Å². The second kappa shape index (κ2) is 2.49. The topological polar surface area (TPSA) is 55.5 Å². The molecule has 2 unspecified atom stereocenters. The monoisotopic (exact) mass is 145 g/mol. The first-order valence-electron chi connectivity index (χ1n) is 3.59. The normalized spacial score (nSPS) is 34.8. The van der Waals surface area contributed by atoms with Crippen LogP contribution >= 0.6 is 0 Å². The fourth-order valence-electron chi connectivity index (χ4n) is 1.14. The Morgan fingerprint density at radius 1 is 1.60 bits per heavy atom. The maximum Gasteiger partial charge on any atom is 0.0872 e. The third-order valence-electron chi connectivity index (χ3n) is 1.82. The first-order valence-corrected chi connectivity index (χ1v) is 3.59. The van der Waals surface area contributed by atoms with Crippen molar-refractivity contribution in [1.29, 1.82) is 0 Å². The molecule has 3 heteroatoms. The van der Waals surface area contributed by atoms with E-state index in [1.54, 1.807) is 13.8 Å². The van der Waals surface area contributed by atoms with Crippen molar-refractivity contribution in [3.63, 3.8) is 0 Å². The summed E-state index contributed by atoms with van der Waals surface area (Å²) in [6.45, 7) is 4.07. The summed E-state index contributed by atoms with van der Waals surface area (Å²) in [6.07, 6.45) is 0.686. The standard InChI is InChI=1S/C7H15NO2/c1-7(2,9)6-3-5(8)4-10-6/h5-6,9H,3-4,8H2,1-2H3. The maximum atomic E-state index is 9.45. The molecule has 1 aliphatic rings. The minimum Gasteiger partial charge on any atom is -0.388 e. The highest BCUT2D eigenvalue weighted by molar-refractivity contribution is 4.86. The number of hydrogen-bond donors (Lipinski definition) is 2. The Morgan fingerprint density at radius 3 is 2.40 bits per heavy atom. The molecule has 2 atom stereocenters. The summed E-state index contributed by atoms with van der Waals surface area (Å²) in [6, 6.07) is 0.108. The number of rotatable bonds is 1. The van der Waals surface area contributed by atoms with Crippen molar-refractivity contribution < 1.29 is 9.84 Å². The van der Waals surface area contributed by atoms with Gasteiger partial charge >= 0.3 is 0 Å². The van der Waals surface area contributed by atoms with Crippen LogP contribution in [0.5, 0.6) is 0 Å². The van der Waals surface area contributed by atoms with E-state index >= 15 is 0 Å². The Labute approximate surface area is 61.2 Å². The number of nitrogens with two attached hydrogens (primary N) is 1. The molecule has 60 valence electrons. The first-order chi connectivity index (χ1) is 4.50. The molecule has 0 aromatic rings. The van der Waals surface area contributed by atoms with Gasteiger partial charge in [-0.2, -0.15) is 0 Å². The largest absolute Gasteiger partial charge is 0.388 e. The summed E-state index contributed by atoms with van der Waals surface area (Å²) >= 11 is 0. The molecule has 1 rings (SSSR count). The Kier molecular flexibility index (Phi) is 1.99. The van der Waals surface area contributed by atoms with Crippen LogP contribution in [0.4, 0.5) is 0 Å². The lowest BCUT2D eigenvalue weighted by molar-refractivity contribution is -0.0599. The second-order valence-electron chi connectivity index (χ2n) is 3.47. The lowest BCUT2D eigenvalue weighted by atomic mass is 9.98. The highest BCUT2D eigenvalue weighted by Gasteiger charge is 2.33. The number of hydrogen-bond acceptors (Lipinski definition) is 3. The van der Waals surface area contributed by atoms with E-state index in [0.29, 0.717) is 6.61 Å². The van der Waals surface area contributed by atoms with Crippen LogP contribution in [-0.4, -0.2) is 29.5 Å². The summed E-state index contributed by atoms with van der Waals surface area (Å²) < 4.78 is 5.25. The molecule has 0 bridgehead atoms. The molecule has 1 heterocycles. The average Bonchev–Trinajstić information content (AvgIpc) is 2.11. The van der Waals surface area contributed by atoms with E-state index in [2.05, 4.69) is 0 Å². The lowest BCUT2D eigenvalue weighted by Gasteiger charge is -2.23. The van der Waals surface area contributed by atoms with Crippen LogP contribution in [0, 0.1) is 0 Å². The van der Waals surface area contributed by atoms with E-state index in [1.165, 1.54) is 0 Å². The molecule has 0 aromatic heterocycles. The fraction of sp³-hybridized carbons (Fsp3) is 1.00. The van der Waals surface area contributed by atoms with Crippen molar-refractivity contribution in [1.82, 2.24) is 0 Å². The van der Waals surface area contributed by atoms with E-state index in [-0.39, 0.29) is 12.1 Å². The third kappa shape index (κ3) is 1.68. The van der Waals surface area contributed by atoms with Crippen LogP contribution in [0.3, 0.4) is 0 Å². The molecule has 0 amide bonds. The molecule has 0 saturated carbocycles. The van der Waals surface area contributed by atoms with Crippen LogP contribution in [0.25, 0.3) is 0 Å². The highest BCUT2D eigenvalue weighted by atomic mass is 16.5. The minimum atomic E-state index is -0.742. The molecule has 0 aliphatic carbocycles. The number of aliphatic hydroxyl groups is 1. The van der Waals surface area contributed by atoms with Gasteiger partial charge in [0, 0.05) is 6.04 Å². The van der Waals surface area contributed by atoms with Gasteiger partial charge < -0.3 is 15.6 Å². The van der Waals surface area contributed by atoms with Crippen LogP contribution in [0.1, 0.15) is 20.3 Å². The van der Waals surface area contributed by atoms with Crippen LogP contribution in [0.15, 0.2) is 0 Å². The van der Waals surface area contributed by atoms with Crippen molar-refractivity contribution in [2.45, 2.75) is 38.0 Å². The van der Waals surface area contributed by atoms with Crippen molar-refractivity contribution in [2.24, 2.45) is 5.73 Å². The van der Waals surface area contributed by atoms with E-state index in [1.807, 2.05) is 0 Å². The van der Waals surface area contributed by atoms with Gasteiger partial charge in [-0.3, -0.25) is 0 Å². The van der Waals surface area contributed by atoms with Gasteiger partial charge in [-0.1, -0.05) is 0 Å². The first kappa shape index (κ1) is 7.98. The number of ether oxygens (including phenoxy) is 1. The van der Waals surface area contributed by atoms with E-state index < -0.39 is 5.60 Å². The van der Waals surface area contributed by atoms with Gasteiger partial charge in [0.1, 0.15) is 0 Å². The smallest absolute Gasteiger partial charge is 0.0872 e. The zero-order valence-corrected chi connectivity index (χ0v) is 6.50. The molecule has 0 spiro atoms. The summed E-state index contributed by atoms with van der Waals surface area (Å²) in [4.78, 5) is 0. The van der Waals surface area contributed by atoms with E-state index in [4.69, 9.17) is 10.5 Å². The molecule has 3 N–H and O–H groups in total. The molecule has 10 heavy (non-hydrogen) atoms. The highest BCUT2D eigenvalue weighted by Crippen LogP contribution is 2.22. The predicted octanol–water partition coefficient (Wildman–Crippen LogP) is -0.127. The fourth-order valence-corrected chi connectivity index (χ4v) is 1.14.